The summed E-state index contributed by atoms with van der Waals surface area (Å²) in [7, 11) is 0. The van der Waals surface area contributed by atoms with Crippen molar-refractivity contribution in [3.8, 4) is 0 Å². The molecular weight excluding hydrogens is 342 g/mol. The third-order valence-corrected chi connectivity index (χ3v) is 4.02. The van der Waals surface area contributed by atoms with E-state index >= 15 is 0 Å². The summed E-state index contributed by atoms with van der Waals surface area (Å²) in [5.41, 5.74) is 5.13. The molecule has 0 fully saturated rings. The Bertz CT molecular complexity index is 842. The number of aryl methyl sites for hydroxylation is 2. The summed E-state index contributed by atoms with van der Waals surface area (Å²) < 4.78 is 0. The number of para-hydroxylation sites is 1. The first-order valence-electron chi connectivity index (χ1n) is 8.83. The van der Waals surface area contributed by atoms with Crippen molar-refractivity contribution in [2.75, 3.05) is 17.2 Å². The minimum atomic E-state index is -0.253. The summed E-state index contributed by atoms with van der Waals surface area (Å²) in [6, 6.07) is 13.2. The molecule has 0 atom stereocenters. The standard InChI is InChI=1S/C21H25N3O3/c1-5-17-8-6-7-14(2)21(17)23-20(26)13-27-24-15(3)18-9-11-19(12-10-18)22-16(4)25/h6-12H,5,13H2,1-4H3,(H,22,25)(H,23,26)/b24-15+. The van der Waals surface area contributed by atoms with E-state index in [9.17, 15) is 9.59 Å². The molecule has 2 rings (SSSR count). The van der Waals surface area contributed by atoms with Crippen molar-refractivity contribution in [3.05, 3.63) is 59.2 Å². The van der Waals surface area contributed by atoms with Crippen molar-refractivity contribution in [1.82, 2.24) is 0 Å². The number of amides is 2. The van der Waals surface area contributed by atoms with Crippen LogP contribution in [0.1, 0.15) is 37.5 Å². The highest BCUT2D eigenvalue weighted by Gasteiger charge is 2.09. The van der Waals surface area contributed by atoms with Gasteiger partial charge in [0.2, 0.25) is 5.91 Å². The van der Waals surface area contributed by atoms with Crippen LogP contribution in [-0.4, -0.2) is 24.1 Å². The van der Waals surface area contributed by atoms with Gasteiger partial charge in [-0.1, -0.05) is 42.4 Å². The van der Waals surface area contributed by atoms with Gasteiger partial charge < -0.3 is 15.5 Å². The molecule has 0 aromatic heterocycles. The van der Waals surface area contributed by atoms with Crippen molar-refractivity contribution in [1.29, 1.82) is 0 Å². The number of carbonyl (C=O) groups excluding carboxylic acids is 2. The maximum atomic E-state index is 12.2. The fourth-order valence-corrected chi connectivity index (χ4v) is 2.62. The van der Waals surface area contributed by atoms with Crippen LogP contribution in [0.25, 0.3) is 0 Å². The number of carbonyl (C=O) groups is 2. The Hall–Kier alpha value is -3.15. The molecule has 6 nitrogen and oxygen atoms in total. The van der Waals surface area contributed by atoms with E-state index in [0.29, 0.717) is 11.4 Å². The summed E-state index contributed by atoms with van der Waals surface area (Å²) in [5, 5.41) is 9.60. The Morgan fingerprint density at radius 1 is 1.04 bits per heavy atom. The summed E-state index contributed by atoms with van der Waals surface area (Å²) in [6.07, 6.45) is 0.837. The van der Waals surface area contributed by atoms with Crippen LogP contribution in [0.5, 0.6) is 0 Å². The molecule has 0 bridgehead atoms. The number of rotatable bonds is 7. The zero-order chi connectivity index (χ0) is 19.8. The van der Waals surface area contributed by atoms with Gasteiger partial charge in [-0.3, -0.25) is 9.59 Å². The van der Waals surface area contributed by atoms with E-state index in [2.05, 4.69) is 15.8 Å². The summed E-state index contributed by atoms with van der Waals surface area (Å²) in [6.45, 7) is 7.09. The molecule has 27 heavy (non-hydrogen) atoms. The van der Waals surface area contributed by atoms with Gasteiger partial charge in [0, 0.05) is 18.3 Å². The molecule has 2 aromatic rings. The van der Waals surface area contributed by atoms with E-state index in [1.807, 2.05) is 44.2 Å². The predicted octanol–water partition coefficient (Wildman–Crippen LogP) is 3.90. The zero-order valence-electron chi connectivity index (χ0n) is 16.1. The maximum Gasteiger partial charge on any atom is 0.265 e. The van der Waals surface area contributed by atoms with Crippen molar-refractivity contribution in [3.63, 3.8) is 0 Å². The second kappa shape index (κ2) is 9.52. The number of nitrogens with one attached hydrogen (secondary N) is 2. The Kier molecular flexibility index (Phi) is 7.11. The van der Waals surface area contributed by atoms with Crippen LogP contribution >= 0.6 is 0 Å². The fourth-order valence-electron chi connectivity index (χ4n) is 2.62. The molecule has 0 spiro atoms. The number of nitrogens with zero attached hydrogens (tertiary/aromatic N) is 1. The van der Waals surface area contributed by atoms with E-state index in [-0.39, 0.29) is 18.4 Å². The first-order chi connectivity index (χ1) is 12.9. The maximum absolute atomic E-state index is 12.2. The largest absolute Gasteiger partial charge is 0.385 e. The molecule has 0 saturated heterocycles. The fraction of sp³-hybridized carbons (Fsp3) is 0.286. The number of benzene rings is 2. The first-order valence-corrected chi connectivity index (χ1v) is 8.83. The van der Waals surface area contributed by atoms with Crippen LogP contribution in [0.2, 0.25) is 0 Å². The molecular formula is C21H25N3O3. The molecule has 142 valence electrons. The SMILES string of the molecule is CCc1cccc(C)c1NC(=O)CO/N=C(\C)c1ccc(NC(C)=O)cc1. The highest BCUT2D eigenvalue weighted by molar-refractivity contribution is 5.99. The molecule has 0 radical (unpaired) electrons. The summed E-state index contributed by atoms with van der Waals surface area (Å²) in [5.74, 6) is -0.376. The molecule has 0 unspecified atom stereocenters. The van der Waals surface area contributed by atoms with E-state index in [0.717, 1.165) is 28.8 Å². The van der Waals surface area contributed by atoms with Crippen molar-refractivity contribution < 1.29 is 14.4 Å². The van der Waals surface area contributed by atoms with Crippen LogP contribution in [0.3, 0.4) is 0 Å². The summed E-state index contributed by atoms with van der Waals surface area (Å²) in [4.78, 5) is 28.4. The minimum Gasteiger partial charge on any atom is -0.385 e. The van der Waals surface area contributed by atoms with Gasteiger partial charge in [0.1, 0.15) is 0 Å². The Labute approximate surface area is 159 Å². The molecule has 2 aromatic carbocycles. The lowest BCUT2D eigenvalue weighted by molar-refractivity contribution is -0.120. The van der Waals surface area contributed by atoms with Crippen LogP contribution in [0.4, 0.5) is 11.4 Å². The van der Waals surface area contributed by atoms with Crippen molar-refractivity contribution >= 4 is 28.9 Å². The monoisotopic (exact) mass is 367 g/mol. The molecule has 0 aliphatic rings. The van der Waals surface area contributed by atoms with Crippen molar-refractivity contribution in [2.24, 2.45) is 5.16 Å². The molecule has 2 N–H and O–H groups in total. The van der Waals surface area contributed by atoms with Gasteiger partial charge >= 0.3 is 0 Å². The van der Waals surface area contributed by atoms with Gasteiger partial charge in [-0.05, 0) is 49.1 Å². The quantitative estimate of drug-likeness (QED) is 0.575. The zero-order valence-corrected chi connectivity index (χ0v) is 16.1. The smallest absolute Gasteiger partial charge is 0.265 e. The average molecular weight is 367 g/mol. The topological polar surface area (TPSA) is 79.8 Å². The van der Waals surface area contributed by atoms with Gasteiger partial charge in [-0.15, -0.1) is 0 Å². The number of oxime groups is 1. The highest BCUT2D eigenvalue weighted by atomic mass is 16.6. The number of hydrogen-bond acceptors (Lipinski definition) is 4. The Balaban J connectivity index is 1.92. The second-order valence-electron chi connectivity index (χ2n) is 6.22. The molecule has 0 heterocycles. The lowest BCUT2D eigenvalue weighted by Crippen LogP contribution is -2.19. The second-order valence-corrected chi connectivity index (χ2v) is 6.22. The van der Waals surface area contributed by atoms with Gasteiger partial charge in [0.25, 0.3) is 5.91 Å². The lowest BCUT2D eigenvalue weighted by atomic mass is 10.1. The van der Waals surface area contributed by atoms with Gasteiger partial charge in [0.05, 0.1) is 5.71 Å². The van der Waals surface area contributed by atoms with Crippen molar-refractivity contribution in [2.45, 2.75) is 34.1 Å². The Morgan fingerprint density at radius 2 is 1.74 bits per heavy atom. The van der Waals surface area contributed by atoms with Crippen LogP contribution < -0.4 is 10.6 Å². The van der Waals surface area contributed by atoms with E-state index < -0.39 is 0 Å². The third kappa shape index (κ3) is 5.95. The molecule has 0 saturated carbocycles. The first kappa shape index (κ1) is 20.2. The number of anilines is 2. The van der Waals surface area contributed by atoms with Crippen LogP contribution in [0.15, 0.2) is 47.6 Å². The predicted molar refractivity (Wildman–Crippen MR) is 108 cm³/mol. The van der Waals surface area contributed by atoms with Crippen LogP contribution in [-0.2, 0) is 20.8 Å². The lowest BCUT2D eigenvalue weighted by Gasteiger charge is -2.12. The van der Waals surface area contributed by atoms with E-state index in [1.165, 1.54) is 6.92 Å². The molecule has 0 aliphatic heterocycles. The van der Waals surface area contributed by atoms with E-state index in [4.69, 9.17) is 4.84 Å². The summed E-state index contributed by atoms with van der Waals surface area (Å²) >= 11 is 0. The van der Waals surface area contributed by atoms with Gasteiger partial charge in [-0.2, -0.15) is 0 Å². The average Bonchev–Trinajstić information content (AvgIpc) is 2.63. The van der Waals surface area contributed by atoms with Crippen LogP contribution in [0, 0.1) is 6.92 Å². The Morgan fingerprint density at radius 3 is 2.37 bits per heavy atom. The third-order valence-electron chi connectivity index (χ3n) is 4.02. The molecule has 2 amide bonds. The highest BCUT2D eigenvalue weighted by Crippen LogP contribution is 2.20. The normalized spacial score (nSPS) is 11.0. The van der Waals surface area contributed by atoms with Gasteiger partial charge in [0.15, 0.2) is 6.61 Å². The molecule has 0 aliphatic carbocycles. The minimum absolute atomic E-state index is 0.123. The van der Waals surface area contributed by atoms with E-state index in [1.54, 1.807) is 19.1 Å². The molecule has 6 heteroatoms. The van der Waals surface area contributed by atoms with Gasteiger partial charge in [-0.25, -0.2) is 0 Å². The number of hydrogen-bond donors (Lipinski definition) is 2.